The van der Waals surface area contributed by atoms with Crippen LogP contribution in [0.5, 0.6) is 5.75 Å². The van der Waals surface area contributed by atoms with E-state index >= 15 is 0 Å². The number of benzene rings is 1. The molecule has 0 saturated heterocycles. The Hall–Kier alpha value is -1.16. The number of rotatable bonds is 4. The van der Waals surface area contributed by atoms with E-state index in [9.17, 15) is 4.79 Å². The molecule has 16 heavy (non-hydrogen) atoms. The molecule has 0 heterocycles. The number of esters is 1. The highest BCUT2D eigenvalue weighted by atomic mass is 32.1. The first-order valence-corrected chi connectivity index (χ1v) is 5.83. The van der Waals surface area contributed by atoms with Gasteiger partial charge in [0, 0.05) is 5.75 Å². The van der Waals surface area contributed by atoms with Crippen molar-refractivity contribution < 1.29 is 14.3 Å². The van der Waals surface area contributed by atoms with Gasteiger partial charge in [0.15, 0.2) is 0 Å². The van der Waals surface area contributed by atoms with E-state index in [2.05, 4.69) is 12.6 Å². The van der Waals surface area contributed by atoms with Gasteiger partial charge in [-0.05, 0) is 24.3 Å². The van der Waals surface area contributed by atoms with Crippen molar-refractivity contribution in [2.75, 3.05) is 19.5 Å². The highest BCUT2D eigenvalue weighted by Crippen LogP contribution is 2.11. The van der Waals surface area contributed by atoms with Crippen molar-refractivity contribution in [3.8, 4) is 5.75 Å². The average Bonchev–Trinajstić information content (AvgIpc) is 2.38. The average molecular weight is 242 g/mol. The van der Waals surface area contributed by atoms with Gasteiger partial charge in [0.2, 0.25) is 0 Å². The molecule has 0 aliphatic heterocycles. The third-order valence-electron chi connectivity index (χ3n) is 1.65. The molecule has 90 valence electrons. The Bertz CT molecular complexity index is 296. The predicted octanol–water partition coefficient (Wildman–Crippen LogP) is 2.81. The molecular weight excluding hydrogens is 224 g/mol. The second-order valence-corrected chi connectivity index (χ2v) is 3.04. The summed E-state index contributed by atoms with van der Waals surface area (Å²) >= 11 is 3.94. The molecule has 0 N–H and O–H groups in total. The number of ether oxygens (including phenoxy) is 2. The Balaban J connectivity index is 0.00000106. The molecule has 0 atom stereocenters. The molecule has 4 heteroatoms. The van der Waals surface area contributed by atoms with Crippen molar-refractivity contribution in [3.05, 3.63) is 29.8 Å². The summed E-state index contributed by atoms with van der Waals surface area (Å²) in [6.45, 7) is 4.33. The molecule has 0 unspecified atom stereocenters. The number of carbonyl (C=O) groups is 1. The van der Waals surface area contributed by atoms with Gasteiger partial charge < -0.3 is 9.47 Å². The summed E-state index contributed by atoms with van der Waals surface area (Å²) < 4.78 is 9.86. The van der Waals surface area contributed by atoms with E-state index in [1.165, 1.54) is 0 Å². The van der Waals surface area contributed by atoms with Crippen molar-refractivity contribution in [2.24, 2.45) is 0 Å². The molecule has 3 nitrogen and oxygen atoms in total. The molecule has 0 fully saturated rings. The Morgan fingerprint density at radius 2 is 1.81 bits per heavy atom. The van der Waals surface area contributed by atoms with E-state index in [1.807, 2.05) is 13.8 Å². The molecule has 0 aliphatic rings. The van der Waals surface area contributed by atoms with Crippen LogP contribution >= 0.6 is 12.6 Å². The van der Waals surface area contributed by atoms with E-state index in [-0.39, 0.29) is 5.97 Å². The summed E-state index contributed by atoms with van der Waals surface area (Å²) in [7, 11) is 1.58. The highest BCUT2D eigenvalue weighted by molar-refractivity contribution is 7.80. The zero-order valence-electron chi connectivity index (χ0n) is 9.90. The van der Waals surface area contributed by atoms with Crippen molar-refractivity contribution in [1.29, 1.82) is 0 Å². The molecular formula is C12H18O3S. The summed E-state index contributed by atoms with van der Waals surface area (Å²) in [5.74, 6) is 0.916. The molecule has 1 rings (SSSR count). The van der Waals surface area contributed by atoms with Crippen LogP contribution in [0.15, 0.2) is 24.3 Å². The second kappa shape index (κ2) is 9.09. The molecule has 1 aromatic carbocycles. The summed E-state index contributed by atoms with van der Waals surface area (Å²) in [5, 5.41) is 0. The summed E-state index contributed by atoms with van der Waals surface area (Å²) in [6.07, 6.45) is 0. The van der Waals surface area contributed by atoms with Crippen LogP contribution in [-0.2, 0) is 4.74 Å². The molecule has 0 spiro atoms. The number of methoxy groups -OCH3 is 1. The lowest BCUT2D eigenvalue weighted by Gasteiger charge is -2.03. The van der Waals surface area contributed by atoms with Gasteiger partial charge in [-0.3, -0.25) is 0 Å². The first kappa shape index (κ1) is 14.8. The lowest BCUT2D eigenvalue weighted by atomic mass is 10.2. The normalized spacial score (nSPS) is 8.75. The molecule has 1 aromatic rings. The first-order valence-electron chi connectivity index (χ1n) is 5.20. The zero-order chi connectivity index (χ0) is 12.4. The SMILES string of the molecule is CC.COc1ccc(C(=O)OCCS)cc1. The third kappa shape index (κ3) is 5.07. The molecule has 0 saturated carbocycles. The van der Waals surface area contributed by atoms with Crippen LogP contribution in [0.1, 0.15) is 24.2 Å². The molecule has 0 radical (unpaired) electrons. The van der Waals surface area contributed by atoms with Gasteiger partial charge in [0.05, 0.1) is 12.7 Å². The number of carbonyl (C=O) groups excluding carboxylic acids is 1. The van der Waals surface area contributed by atoms with Gasteiger partial charge in [-0.15, -0.1) is 0 Å². The Labute approximate surface area is 102 Å². The number of thiol groups is 1. The fourth-order valence-electron chi connectivity index (χ4n) is 0.949. The van der Waals surface area contributed by atoms with Crippen LogP contribution in [-0.4, -0.2) is 25.4 Å². The maximum atomic E-state index is 11.3. The van der Waals surface area contributed by atoms with Gasteiger partial charge in [0.1, 0.15) is 12.4 Å². The Morgan fingerprint density at radius 3 is 2.25 bits per heavy atom. The van der Waals surface area contributed by atoms with Gasteiger partial charge in [0.25, 0.3) is 0 Å². The maximum Gasteiger partial charge on any atom is 0.338 e. The molecule has 0 amide bonds. The lowest BCUT2D eigenvalue weighted by molar-refractivity contribution is 0.0530. The minimum atomic E-state index is -0.332. The van der Waals surface area contributed by atoms with Crippen LogP contribution in [0.3, 0.4) is 0 Å². The van der Waals surface area contributed by atoms with Crippen molar-refractivity contribution in [2.45, 2.75) is 13.8 Å². The standard InChI is InChI=1S/C10H12O3S.C2H6/c1-12-9-4-2-8(3-5-9)10(11)13-6-7-14;1-2/h2-5,14H,6-7H2,1H3;1-2H3. The van der Waals surface area contributed by atoms with Crippen LogP contribution in [0, 0.1) is 0 Å². The molecule has 0 aliphatic carbocycles. The Morgan fingerprint density at radius 1 is 1.25 bits per heavy atom. The molecule has 0 aromatic heterocycles. The summed E-state index contributed by atoms with van der Waals surface area (Å²) in [4.78, 5) is 11.3. The van der Waals surface area contributed by atoms with Crippen LogP contribution in [0.2, 0.25) is 0 Å². The Kier molecular flexibility index (Phi) is 8.43. The maximum absolute atomic E-state index is 11.3. The van der Waals surface area contributed by atoms with Gasteiger partial charge in [-0.1, -0.05) is 13.8 Å². The van der Waals surface area contributed by atoms with Gasteiger partial charge in [-0.2, -0.15) is 12.6 Å². The molecule has 0 bridgehead atoms. The van der Waals surface area contributed by atoms with Gasteiger partial charge in [-0.25, -0.2) is 4.79 Å². The fraction of sp³-hybridized carbons (Fsp3) is 0.417. The number of hydrogen-bond acceptors (Lipinski definition) is 4. The van der Waals surface area contributed by atoms with Crippen LogP contribution < -0.4 is 4.74 Å². The van der Waals surface area contributed by atoms with E-state index in [0.717, 1.165) is 5.75 Å². The highest BCUT2D eigenvalue weighted by Gasteiger charge is 2.05. The number of hydrogen-bond donors (Lipinski definition) is 1. The fourth-order valence-corrected chi connectivity index (χ4v) is 1.04. The minimum Gasteiger partial charge on any atom is -0.497 e. The quantitative estimate of drug-likeness (QED) is 0.651. The van der Waals surface area contributed by atoms with Crippen molar-refractivity contribution in [3.63, 3.8) is 0 Å². The topological polar surface area (TPSA) is 35.5 Å². The lowest BCUT2D eigenvalue weighted by Crippen LogP contribution is -2.06. The monoisotopic (exact) mass is 242 g/mol. The van der Waals surface area contributed by atoms with E-state index in [4.69, 9.17) is 9.47 Å². The minimum absolute atomic E-state index is 0.327. The zero-order valence-corrected chi connectivity index (χ0v) is 10.8. The van der Waals surface area contributed by atoms with Crippen LogP contribution in [0.4, 0.5) is 0 Å². The summed E-state index contributed by atoms with van der Waals surface area (Å²) in [5.41, 5.74) is 0.521. The van der Waals surface area contributed by atoms with E-state index < -0.39 is 0 Å². The van der Waals surface area contributed by atoms with E-state index in [0.29, 0.717) is 17.9 Å². The smallest absolute Gasteiger partial charge is 0.338 e. The van der Waals surface area contributed by atoms with Crippen molar-refractivity contribution >= 4 is 18.6 Å². The van der Waals surface area contributed by atoms with E-state index in [1.54, 1.807) is 31.4 Å². The van der Waals surface area contributed by atoms with Crippen molar-refractivity contribution in [1.82, 2.24) is 0 Å². The largest absolute Gasteiger partial charge is 0.497 e. The van der Waals surface area contributed by atoms with Gasteiger partial charge >= 0.3 is 5.97 Å². The third-order valence-corrected chi connectivity index (χ3v) is 1.83. The first-order chi connectivity index (χ1) is 7.77. The summed E-state index contributed by atoms with van der Waals surface area (Å²) in [6, 6.07) is 6.77. The van der Waals surface area contributed by atoms with Crippen LogP contribution in [0.25, 0.3) is 0 Å². The predicted molar refractivity (Wildman–Crippen MR) is 68.5 cm³/mol. The second-order valence-electron chi connectivity index (χ2n) is 2.59.